The van der Waals surface area contributed by atoms with E-state index in [2.05, 4.69) is 25.8 Å². The van der Waals surface area contributed by atoms with Crippen LogP contribution in [0.1, 0.15) is 46.0 Å². The number of nitrogens with zero attached hydrogens (tertiary/aromatic N) is 1. The highest BCUT2D eigenvalue weighted by Crippen LogP contribution is 2.47. The molecule has 1 aliphatic carbocycles. The molecule has 0 bridgehead atoms. The minimum absolute atomic E-state index is 0.198. The number of carbonyl (C=O) groups is 1. The van der Waals surface area contributed by atoms with Crippen LogP contribution in [-0.4, -0.2) is 43.0 Å². The molecule has 2 saturated heterocycles. The van der Waals surface area contributed by atoms with Crippen molar-refractivity contribution in [2.24, 2.45) is 11.3 Å². The van der Waals surface area contributed by atoms with Gasteiger partial charge in [-0.05, 0) is 25.0 Å². The number of carbonyl (C=O) groups excluding carboxylic acids is 1. The lowest BCUT2D eigenvalue weighted by Crippen LogP contribution is -2.48. The van der Waals surface area contributed by atoms with E-state index < -0.39 is 0 Å². The SMILES string of the molecule is CN1CCC2(CC1)CC(=O)C1=C(CC3CC(C)(C)COC3=C1)O2. The van der Waals surface area contributed by atoms with Crippen molar-refractivity contribution in [2.45, 2.75) is 51.6 Å². The molecule has 0 aromatic rings. The van der Waals surface area contributed by atoms with Crippen LogP contribution in [0.5, 0.6) is 0 Å². The van der Waals surface area contributed by atoms with Crippen molar-refractivity contribution in [1.82, 2.24) is 4.90 Å². The molecule has 1 unspecified atom stereocenters. The third-order valence-corrected chi connectivity index (χ3v) is 5.87. The maximum absolute atomic E-state index is 12.7. The maximum atomic E-state index is 12.7. The summed E-state index contributed by atoms with van der Waals surface area (Å²) < 4.78 is 12.4. The first-order chi connectivity index (χ1) is 10.9. The normalized spacial score (nSPS) is 32.6. The van der Waals surface area contributed by atoms with Crippen LogP contribution in [0.25, 0.3) is 0 Å². The van der Waals surface area contributed by atoms with Crippen LogP contribution < -0.4 is 0 Å². The lowest BCUT2D eigenvalue weighted by Gasteiger charge is -2.46. The minimum atomic E-state index is -0.251. The Kier molecular flexibility index (Phi) is 3.38. The summed E-state index contributed by atoms with van der Waals surface area (Å²) >= 11 is 0. The van der Waals surface area contributed by atoms with Gasteiger partial charge in [-0.25, -0.2) is 0 Å². The minimum Gasteiger partial charge on any atom is -0.497 e. The largest absolute Gasteiger partial charge is 0.497 e. The Hall–Kier alpha value is -1.29. The molecule has 1 atom stereocenters. The van der Waals surface area contributed by atoms with Crippen molar-refractivity contribution in [3.63, 3.8) is 0 Å². The van der Waals surface area contributed by atoms with Gasteiger partial charge in [0.05, 0.1) is 18.6 Å². The summed E-state index contributed by atoms with van der Waals surface area (Å²) in [6.07, 6.45) is 6.34. The summed E-state index contributed by atoms with van der Waals surface area (Å²) in [4.78, 5) is 15.1. The lowest BCUT2D eigenvalue weighted by molar-refractivity contribution is -0.130. The second-order valence-corrected chi connectivity index (χ2v) is 8.63. The smallest absolute Gasteiger partial charge is 0.170 e. The number of rotatable bonds is 0. The zero-order valence-corrected chi connectivity index (χ0v) is 14.5. The summed E-state index contributed by atoms with van der Waals surface area (Å²) in [7, 11) is 2.14. The van der Waals surface area contributed by atoms with Crippen molar-refractivity contribution in [2.75, 3.05) is 26.7 Å². The summed E-state index contributed by atoms with van der Waals surface area (Å²) in [5, 5.41) is 0. The molecule has 3 aliphatic heterocycles. The monoisotopic (exact) mass is 317 g/mol. The summed E-state index contributed by atoms with van der Waals surface area (Å²) in [5.74, 6) is 2.54. The standard InChI is InChI=1S/C19H27NO3/c1-18(2)10-13-8-17-14(9-16(13)22-12-18)15(21)11-19(23-17)4-6-20(3)7-5-19/h9,13H,4-8,10-12H2,1-3H3. The number of hydrogen-bond acceptors (Lipinski definition) is 4. The van der Waals surface area contributed by atoms with Crippen molar-refractivity contribution >= 4 is 5.78 Å². The average molecular weight is 317 g/mol. The van der Waals surface area contributed by atoms with E-state index in [4.69, 9.17) is 9.47 Å². The molecule has 0 aromatic carbocycles. The first-order valence-electron chi connectivity index (χ1n) is 8.84. The van der Waals surface area contributed by atoms with Crippen LogP contribution in [0.4, 0.5) is 0 Å². The van der Waals surface area contributed by atoms with Crippen LogP contribution in [0.3, 0.4) is 0 Å². The molecule has 3 heterocycles. The average Bonchev–Trinajstić information content (AvgIpc) is 2.48. The first-order valence-corrected chi connectivity index (χ1v) is 8.84. The van der Waals surface area contributed by atoms with Crippen molar-refractivity contribution in [3.05, 3.63) is 23.2 Å². The molecule has 0 radical (unpaired) electrons. The highest BCUT2D eigenvalue weighted by atomic mass is 16.5. The number of piperidine rings is 1. The van der Waals surface area contributed by atoms with E-state index in [-0.39, 0.29) is 16.8 Å². The predicted molar refractivity (Wildman–Crippen MR) is 87.7 cm³/mol. The van der Waals surface area contributed by atoms with E-state index in [9.17, 15) is 4.79 Å². The summed E-state index contributed by atoms with van der Waals surface area (Å²) in [6.45, 7) is 7.26. The number of likely N-dealkylation sites (tertiary alicyclic amines) is 1. The molecule has 126 valence electrons. The van der Waals surface area contributed by atoms with Gasteiger partial charge in [0.25, 0.3) is 0 Å². The zero-order valence-electron chi connectivity index (χ0n) is 14.5. The molecule has 23 heavy (non-hydrogen) atoms. The van der Waals surface area contributed by atoms with Gasteiger partial charge in [-0.2, -0.15) is 0 Å². The number of ether oxygens (including phenoxy) is 2. The van der Waals surface area contributed by atoms with E-state index in [0.29, 0.717) is 12.3 Å². The Labute approximate surface area is 138 Å². The van der Waals surface area contributed by atoms with Crippen LogP contribution >= 0.6 is 0 Å². The van der Waals surface area contributed by atoms with Gasteiger partial charge >= 0.3 is 0 Å². The second kappa shape index (κ2) is 5.10. The molecule has 4 rings (SSSR count). The third-order valence-electron chi connectivity index (χ3n) is 5.87. The van der Waals surface area contributed by atoms with E-state index in [1.54, 1.807) is 0 Å². The second-order valence-electron chi connectivity index (χ2n) is 8.63. The van der Waals surface area contributed by atoms with E-state index >= 15 is 0 Å². The predicted octanol–water partition coefficient (Wildman–Crippen LogP) is 3.04. The molecule has 0 N–H and O–H groups in total. The molecule has 4 aliphatic rings. The molecule has 1 spiro atoms. The Morgan fingerprint density at radius 1 is 1.26 bits per heavy atom. The zero-order chi connectivity index (χ0) is 16.2. The molecule has 4 heteroatoms. The molecule has 2 fully saturated rings. The number of fused-ring (bicyclic) bond motifs is 1. The van der Waals surface area contributed by atoms with Crippen LogP contribution in [0, 0.1) is 11.3 Å². The molecule has 0 saturated carbocycles. The maximum Gasteiger partial charge on any atom is 0.170 e. The number of ketones is 1. The highest BCUT2D eigenvalue weighted by molar-refractivity contribution is 6.00. The van der Waals surface area contributed by atoms with Gasteiger partial charge in [-0.3, -0.25) is 4.79 Å². The Bertz CT molecular complexity index is 594. The molecule has 0 amide bonds. The van der Waals surface area contributed by atoms with Gasteiger partial charge in [0.15, 0.2) is 5.78 Å². The first kappa shape index (κ1) is 15.3. The van der Waals surface area contributed by atoms with Gasteiger partial charge in [0, 0.05) is 38.3 Å². The Balaban J connectivity index is 1.60. The molecular weight excluding hydrogens is 290 g/mol. The van der Waals surface area contributed by atoms with Crippen LogP contribution in [0.15, 0.2) is 23.2 Å². The molecule has 4 nitrogen and oxygen atoms in total. The Morgan fingerprint density at radius 3 is 2.74 bits per heavy atom. The topological polar surface area (TPSA) is 38.8 Å². The number of Topliss-reactive ketones (excluding diaryl/α,β-unsaturated/α-hetero) is 1. The van der Waals surface area contributed by atoms with Crippen molar-refractivity contribution in [3.8, 4) is 0 Å². The van der Waals surface area contributed by atoms with Crippen molar-refractivity contribution in [1.29, 1.82) is 0 Å². The van der Waals surface area contributed by atoms with Gasteiger partial charge in [-0.15, -0.1) is 0 Å². The fourth-order valence-corrected chi connectivity index (χ4v) is 4.43. The van der Waals surface area contributed by atoms with E-state index in [0.717, 1.165) is 62.5 Å². The fourth-order valence-electron chi connectivity index (χ4n) is 4.43. The van der Waals surface area contributed by atoms with Gasteiger partial charge in [0.2, 0.25) is 0 Å². The van der Waals surface area contributed by atoms with Gasteiger partial charge in [-0.1, -0.05) is 13.8 Å². The van der Waals surface area contributed by atoms with Gasteiger partial charge < -0.3 is 14.4 Å². The summed E-state index contributed by atoms with van der Waals surface area (Å²) in [6, 6.07) is 0. The lowest BCUT2D eigenvalue weighted by atomic mass is 9.74. The summed E-state index contributed by atoms with van der Waals surface area (Å²) in [5.41, 5.74) is 0.725. The number of allylic oxidation sites excluding steroid dienone is 4. The molecule has 0 aromatic heterocycles. The van der Waals surface area contributed by atoms with E-state index in [1.165, 1.54) is 0 Å². The van der Waals surface area contributed by atoms with E-state index in [1.807, 2.05) is 6.08 Å². The highest BCUT2D eigenvalue weighted by Gasteiger charge is 2.46. The third kappa shape index (κ3) is 2.71. The van der Waals surface area contributed by atoms with Crippen LogP contribution in [-0.2, 0) is 14.3 Å². The fraction of sp³-hybridized carbons (Fsp3) is 0.737. The number of hydrogen-bond donors (Lipinski definition) is 0. The van der Waals surface area contributed by atoms with Crippen molar-refractivity contribution < 1.29 is 14.3 Å². The quantitative estimate of drug-likeness (QED) is 0.688. The van der Waals surface area contributed by atoms with Gasteiger partial charge in [0.1, 0.15) is 17.1 Å². The Morgan fingerprint density at radius 2 is 2.00 bits per heavy atom. The molecular formula is C19H27NO3. The van der Waals surface area contributed by atoms with Crippen LogP contribution in [0.2, 0.25) is 0 Å².